The van der Waals surface area contributed by atoms with Gasteiger partial charge in [0.05, 0.1) is 22.2 Å². The van der Waals surface area contributed by atoms with Gasteiger partial charge in [0, 0.05) is 41.9 Å². The van der Waals surface area contributed by atoms with Crippen molar-refractivity contribution in [3.8, 4) is 17.2 Å². The standard InChI is InChI=1S/C54H35N3SSi/c1-4-17-38(18-5-1)59(39-19-6-2-7-20-39,40-21-8-3-9-22-40)41-30-32-48-46(35-41)52-42-23-11-10-16-36(42)28-31-49(52)57(48)54-55-47-26-14-12-25-44(47)53(56-54)37-29-33-51-45(34-37)43-24-13-15-27-50(43)58-51/h1-35H. The highest BCUT2D eigenvalue weighted by Crippen LogP contribution is 2.40. The van der Waals surface area contributed by atoms with Gasteiger partial charge in [0.2, 0.25) is 5.95 Å². The van der Waals surface area contributed by atoms with Crippen molar-refractivity contribution in [3.05, 3.63) is 212 Å². The number of thiophene rings is 1. The quantitative estimate of drug-likeness (QED) is 0.124. The number of fused-ring (bicyclic) bond motifs is 9. The number of aromatic nitrogens is 3. The van der Waals surface area contributed by atoms with Crippen LogP contribution in [0.1, 0.15) is 0 Å². The van der Waals surface area contributed by atoms with Gasteiger partial charge in [-0.25, -0.2) is 9.97 Å². The van der Waals surface area contributed by atoms with E-state index < -0.39 is 8.07 Å². The van der Waals surface area contributed by atoms with Gasteiger partial charge in [0.15, 0.2) is 8.07 Å². The maximum Gasteiger partial charge on any atom is 0.235 e. The molecule has 0 N–H and O–H groups in total. The topological polar surface area (TPSA) is 30.7 Å². The summed E-state index contributed by atoms with van der Waals surface area (Å²) in [6.45, 7) is 0. The van der Waals surface area contributed by atoms with E-state index in [1.54, 1.807) is 0 Å². The van der Waals surface area contributed by atoms with Gasteiger partial charge in [-0.1, -0.05) is 176 Å². The first kappa shape index (κ1) is 33.9. The Balaban J connectivity index is 1.17. The van der Waals surface area contributed by atoms with Crippen LogP contribution in [0, 0.1) is 0 Å². The molecule has 0 fully saturated rings. The fraction of sp³-hybridized carbons (Fsp3) is 0. The van der Waals surface area contributed by atoms with Crippen LogP contribution in [0.5, 0.6) is 0 Å². The minimum Gasteiger partial charge on any atom is -0.278 e. The number of hydrogen-bond donors (Lipinski definition) is 0. The van der Waals surface area contributed by atoms with Crippen LogP contribution in [0.25, 0.3) is 80.9 Å². The molecular weight excluding hydrogens is 751 g/mol. The number of para-hydroxylation sites is 1. The monoisotopic (exact) mass is 785 g/mol. The molecule has 0 spiro atoms. The Morgan fingerprint density at radius 3 is 1.71 bits per heavy atom. The minimum absolute atomic E-state index is 0.662. The molecule has 59 heavy (non-hydrogen) atoms. The molecule has 12 rings (SSSR count). The van der Waals surface area contributed by atoms with Gasteiger partial charge in [0.1, 0.15) is 0 Å². The highest BCUT2D eigenvalue weighted by molar-refractivity contribution is 7.25. The first-order valence-electron chi connectivity index (χ1n) is 20.1. The molecule has 5 heteroatoms. The molecule has 3 aromatic heterocycles. The summed E-state index contributed by atoms with van der Waals surface area (Å²) in [6.07, 6.45) is 0. The van der Waals surface area contributed by atoms with E-state index in [0.717, 1.165) is 33.2 Å². The average Bonchev–Trinajstić information content (AvgIpc) is 3.85. The largest absolute Gasteiger partial charge is 0.278 e. The summed E-state index contributed by atoms with van der Waals surface area (Å²) in [5.74, 6) is 0.662. The van der Waals surface area contributed by atoms with E-state index in [1.165, 1.54) is 62.5 Å². The maximum atomic E-state index is 5.54. The van der Waals surface area contributed by atoms with Crippen molar-refractivity contribution < 1.29 is 0 Å². The van der Waals surface area contributed by atoms with Crippen LogP contribution in [0.15, 0.2) is 212 Å². The molecule has 0 bridgehead atoms. The number of nitrogens with zero attached hydrogens (tertiary/aromatic N) is 3. The summed E-state index contributed by atoms with van der Waals surface area (Å²) in [4.78, 5) is 10.9. The molecule has 9 aromatic carbocycles. The first-order chi connectivity index (χ1) is 29.3. The lowest BCUT2D eigenvalue weighted by Gasteiger charge is -2.34. The maximum absolute atomic E-state index is 5.54. The number of hydrogen-bond acceptors (Lipinski definition) is 3. The summed E-state index contributed by atoms with van der Waals surface area (Å²) in [6, 6.07) is 77.9. The molecule has 0 aliphatic rings. The fourth-order valence-corrected chi connectivity index (χ4v) is 15.4. The van der Waals surface area contributed by atoms with Gasteiger partial charge in [-0.3, -0.25) is 4.57 Å². The van der Waals surface area contributed by atoms with Crippen LogP contribution in [0.2, 0.25) is 0 Å². The molecular formula is C54H35N3SSi. The van der Waals surface area contributed by atoms with Gasteiger partial charge < -0.3 is 0 Å². The molecule has 0 aliphatic carbocycles. The second-order valence-corrected chi connectivity index (χ2v) is 20.2. The second-order valence-electron chi connectivity index (χ2n) is 15.3. The van der Waals surface area contributed by atoms with Gasteiger partial charge >= 0.3 is 0 Å². The lowest BCUT2D eigenvalue weighted by Crippen LogP contribution is -2.74. The van der Waals surface area contributed by atoms with E-state index in [9.17, 15) is 0 Å². The molecule has 3 nitrogen and oxygen atoms in total. The predicted octanol–water partition coefficient (Wildman–Crippen LogP) is 11.3. The molecule has 0 radical (unpaired) electrons. The van der Waals surface area contributed by atoms with E-state index in [4.69, 9.17) is 9.97 Å². The first-order valence-corrected chi connectivity index (χ1v) is 22.9. The molecule has 12 aromatic rings. The Morgan fingerprint density at radius 2 is 0.983 bits per heavy atom. The van der Waals surface area contributed by atoms with Crippen molar-refractivity contribution in [2.45, 2.75) is 0 Å². The molecule has 0 saturated heterocycles. The van der Waals surface area contributed by atoms with E-state index in [0.29, 0.717) is 5.95 Å². The normalized spacial score (nSPS) is 12.1. The highest BCUT2D eigenvalue weighted by Gasteiger charge is 2.41. The third-order valence-corrected chi connectivity index (χ3v) is 18.1. The predicted molar refractivity (Wildman–Crippen MR) is 253 cm³/mol. The van der Waals surface area contributed by atoms with Crippen molar-refractivity contribution in [1.29, 1.82) is 0 Å². The Kier molecular flexibility index (Phi) is 7.73. The molecule has 0 amide bonds. The summed E-state index contributed by atoms with van der Waals surface area (Å²) in [5, 5.41) is 13.8. The van der Waals surface area contributed by atoms with Gasteiger partial charge in [-0.05, 0) is 67.9 Å². The Labute approximate surface area is 346 Å². The van der Waals surface area contributed by atoms with Crippen LogP contribution in [-0.4, -0.2) is 22.6 Å². The fourth-order valence-electron chi connectivity index (χ4n) is 9.56. The van der Waals surface area contributed by atoms with Crippen molar-refractivity contribution >= 4 is 104 Å². The average molecular weight is 786 g/mol. The molecule has 0 saturated carbocycles. The third kappa shape index (κ3) is 5.19. The summed E-state index contributed by atoms with van der Waals surface area (Å²) < 4.78 is 4.87. The van der Waals surface area contributed by atoms with Crippen molar-refractivity contribution in [2.75, 3.05) is 0 Å². The second kappa shape index (κ2) is 13.5. The van der Waals surface area contributed by atoms with E-state index in [2.05, 4.69) is 217 Å². The van der Waals surface area contributed by atoms with Crippen LogP contribution in [0.4, 0.5) is 0 Å². The number of rotatable bonds is 6. The molecule has 276 valence electrons. The molecule has 3 heterocycles. The van der Waals surface area contributed by atoms with Crippen LogP contribution in [-0.2, 0) is 0 Å². The Hall–Kier alpha value is -7.18. The van der Waals surface area contributed by atoms with Gasteiger partial charge in [-0.2, -0.15) is 0 Å². The zero-order valence-electron chi connectivity index (χ0n) is 32.0. The zero-order valence-corrected chi connectivity index (χ0v) is 33.8. The van der Waals surface area contributed by atoms with Crippen molar-refractivity contribution in [2.24, 2.45) is 0 Å². The van der Waals surface area contributed by atoms with Gasteiger partial charge in [-0.15, -0.1) is 11.3 Å². The Bertz CT molecular complexity index is 3460. The SMILES string of the molecule is c1ccc([Si](c2ccccc2)(c2ccccc2)c2ccc3c(c2)c2c4ccccc4ccc2n3-c2nc(-c3ccc4sc5ccccc5c4c3)c3ccccc3n2)cc1. The van der Waals surface area contributed by atoms with E-state index in [-0.39, 0.29) is 0 Å². The van der Waals surface area contributed by atoms with Crippen LogP contribution >= 0.6 is 11.3 Å². The molecule has 0 atom stereocenters. The Morgan fingerprint density at radius 1 is 0.390 bits per heavy atom. The van der Waals surface area contributed by atoms with E-state index in [1.807, 2.05) is 11.3 Å². The molecule has 0 aliphatic heterocycles. The number of benzene rings is 9. The van der Waals surface area contributed by atoms with Gasteiger partial charge in [0.25, 0.3) is 0 Å². The summed E-state index contributed by atoms with van der Waals surface area (Å²) in [7, 11) is -2.81. The summed E-state index contributed by atoms with van der Waals surface area (Å²) in [5.41, 5.74) is 5.09. The lowest BCUT2D eigenvalue weighted by molar-refractivity contribution is 1.01. The zero-order chi connectivity index (χ0) is 38.9. The van der Waals surface area contributed by atoms with Crippen molar-refractivity contribution in [1.82, 2.24) is 14.5 Å². The third-order valence-electron chi connectivity index (χ3n) is 12.1. The minimum atomic E-state index is -2.81. The highest BCUT2D eigenvalue weighted by atomic mass is 32.1. The van der Waals surface area contributed by atoms with Crippen LogP contribution < -0.4 is 20.7 Å². The molecule has 0 unspecified atom stereocenters. The summed E-state index contributed by atoms with van der Waals surface area (Å²) >= 11 is 1.84. The van der Waals surface area contributed by atoms with Crippen LogP contribution in [0.3, 0.4) is 0 Å². The van der Waals surface area contributed by atoms with E-state index >= 15 is 0 Å². The van der Waals surface area contributed by atoms with Crippen molar-refractivity contribution in [3.63, 3.8) is 0 Å². The lowest BCUT2D eigenvalue weighted by atomic mass is 10.0. The smallest absolute Gasteiger partial charge is 0.235 e.